The van der Waals surface area contributed by atoms with E-state index in [4.69, 9.17) is 4.42 Å². The number of hydrogen-bond acceptors (Lipinski definition) is 5. The zero-order valence-electron chi connectivity index (χ0n) is 14.9. The van der Waals surface area contributed by atoms with Gasteiger partial charge < -0.3 is 15.1 Å². The Morgan fingerprint density at radius 2 is 1.96 bits per heavy atom. The van der Waals surface area contributed by atoms with E-state index in [-0.39, 0.29) is 17.9 Å². The molecule has 1 fully saturated rings. The molecule has 25 heavy (non-hydrogen) atoms. The number of nitrogens with zero attached hydrogens (tertiary/aromatic N) is 1. The van der Waals surface area contributed by atoms with E-state index in [1.54, 1.807) is 32.9 Å². The number of urea groups is 1. The van der Waals surface area contributed by atoms with Crippen molar-refractivity contribution in [2.45, 2.75) is 45.7 Å². The maximum absolute atomic E-state index is 12.1. The van der Waals surface area contributed by atoms with Gasteiger partial charge in [0.15, 0.2) is 5.76 Å². The van der Waals surface area contributed by atoms with Gasteiger partial charge in [-0.25, -0.2) is 4.79 Å². The molecule has 2 heterocycles. The van der Waals surface area contributed by atoms with Crippen LogP contribution in [0.1, 0.15) is 43.0 Å². The van der Waals surface area contributed by atoms with Crippen molar-refractivity contribution in [1.82, 2.24) is 20.9 Å². The highest BCUT2D eigenvalue weighted by molar-refractivity contribution is 5.96. The summed E-state index contributed by atoms with van der Waals surface area (Å²) in [5.41, 5.74) is 0. The number of amides is 4. The van der Waals surface area contributed by atoms with E-state index in [9.17, 15) is 14.4 Å². The van der Waals surface area contributed by atoms with Crippen LogP contribution in [0.4, 0.5) is 4.79 Å². The summed E-state index contributed by atoms with van der Waals surface area (Å²) >= 11 is 0. The summed E-state index contributed by atoms with van der Waals surface area (Å²) in [6.07, 6.45) is 1.48. The fourth-order valence-electron chi connectivity index (χ4n) is 2.83. The van der Waals surface area contributed by atoms with Crippen molar-refractivity contribution in [2.24, 2.45) is 0 Å². The van der Waals surface area contributed by atoms with Gasteiger partial charge >= 0.3 is 6.03 Å². The van der Waals surface area contributed by atoms with Gasteiger partial charge in [0.1, 0.15) is 5.76 Å². The van der Waals surface area contributed by atoms with Crippen LogP contribution in [0.5, 0.6) is 0 Å². The summed E-state index contributed by atoms with van der Waals surface area (Å²) in [5.74, 6) is 0.481. The lowest BCUT2D eigenvalue weighted by Gasteiger charge is -2.35. The third-order valence-corrected chi connectivity index (χ3v) is 4.33. The average Bonchev–Trinajstić information content (AvgIpc) is 3.01. The second kappa shape index (κ2) is 8.66. The first-order valence-electron chi connectivity index (χ1n) is 8.60. The van der Waals surface area contributed by atoms with Crippen molar-refractivity contribution in [1.29, 1.82) is 0 Å². The topological polar surface area (TPSA) is 104 Å². The van der Waals surface area contributed by atoms with Gasteiger partial charge in [-0.1, -0.05) is 0 Å². The second-order valence-electron chi connectivity index (χ2n) is 6.22. The van der Waals surface area contributed by atoms with Gasteiger partial charge in [0.25, 0.3) is 5.91 Å². The van der Waals surface area contributed by atoms with E-state index in [1.165, 1.54) is 0 Å². The Balaban J connectivity index is 1.77. The molecule has 2 rings (SSSR count). The van der Waals surface area contributed by atoms with Gasteiger partial charge in [0.05, 0.1) is 6.04 Å². The summed E-state index contributed by atoms with van der Waals surface area (Å²) < 4.78 is 5.32. The molecule has 138 valence electrons. The molecule has 3 N–H and O–H groups in total. The van der Waals surface area contributed by atoms with Gasteiger partial charge in [-0.3, -0.25) is 19.8 Å². The third-order valence-electron chi connectivity index (χ3n) is 4.33. The number of likely N-dealkylation sites (tertiary alicyclic amines) is 1. The van der Waals surface area contributed by atoms with Crippen LogP contribution < -0.4 is 16.0 Å². The first-order chi connectivity index (χ1) is 11.9. The number of carbonyl (C=O) groups is 3. The Bertz CT molecular complexity index is 620. The zero-order chi connectivity index (χ0) is 18.4. The predicted octanol–water partition coefficient (Wildman–Crippen LogP) is 1.02. The third kappa shape index (κ3) is 5.32. The molecule has 0 radical (unpaired) electrons. The summed E-state index contributed by atoms with van der Waals surface area (Å²) in [6, 6.07) is 2.59. The van der Waals surface area contributed by atoms with Crippen LogP contribution in [0.2, 0.25) is 0 Å². The lowest BCUT2D eigenvalue weighted by Crippen LogP contribution is -2.53. The first kappa shape index (κ1) is 19.0. The average molecular weight is 350 g/mol. The molecule has 1 aromatic rings. The smallest absolute Gasteiger partial charge is 0.321 e. The molecule has 1 saturated heterocycles. The maximum atomic E-state index is 12.1. The van der Waals surface area contributed by atoms with Crippen LogP contribution in [-0.2, 0) is 4.79 Å². The highest BCUT2D eigenvalue weighted by Crippen LogP contribution is 2.15. The Morgan fingerprint density at radius 1 is 1.28 bits per heavy atom. The molecule has 1 aliphatic rings. The number of furan rings is 1. The van der Waals surface area contributed by atoms with E-state index in [2.05, 4.69) is 16.0 Å². The molecule has 8 nitrogen and oxygen atoms in total. The lowest BCUT2D eigenvalue weighted by atomic mass is 10.0. The Morgan fingerprint density at radius 3 is 2.52 bits per heavy atom. The largest absolute Gasteiger partial charge is 0.456 e. The molecule has 0 aromatic carbocycles. The van der Waals surface area contributed by atoms with Gasteiger partial charge in [0, 0.05) is 25.7 Å². The van der Waals surface area contributed by atoms with E-state index in [1.807, 2.05) is 4.90 Å². The monoisotopic (exact) mass is 350 g/mol. The van der Waals surface area contributed by atoms with Crippen molar-refractivity contribution in [3.05, 3.63) is 23.7 Å². The molecule has 1 aliphatic heterocycles. The SMILES string of the molecule is CCNC(=O)NC(=O)C(C)N1CCC(NC(=O)c2ccc(C)o2)CC1. The van der Waals surface area contributed by atoms with Crippen molar-refractivity contribution in [3.63, 3.8) is 0 Å². The number of carbonyl (C=O) groups excluding carboxylic acids is 3. The summed E-state index contributed by atoms with van der Waals surface area (Å²) in [4.78, 5) is 37.6. The lowest BCUT2D eigenvalue weighted by molar-refractivity contribution is -0.125. The molecule has 0 aliphatic carbocycles. The van der Waals surface area contributed by atoms with E-state index in [0.717, 1.165) is 12.8 Å². The van der Waals surface area contributed by atoms with Crippen LogP contribution in [0.25, 0.3) is 0 Å². The van der Waals surface area contributed by atoms with E-state index < -0.39 is 12.1 Å². The molecule has 0 spiro atoms. The minimum absolute atomic E-state index is 0.0489. The van der Waals surface area contributed by atoms with Crippen molar-refractivity contribution in [2.75, 3.05) is 19.6 Å². The van der Waals surface area contributed by atoms with E-state index >= 15 is 0 Å². The van der Waals surface area contributed by atoms with Crippen molar-refractivity contribution >= 4 is 17.8 Å². The standard InChI is InChI=1S/C17H26N4O4/c1-4-18-17(24)20-15(22)12(3)21-9-7-13(8-10-21)19-16(23)14-6-5-11(2)25-14/h5-6,12-13H,4,7-10H2,1-3H3,(H,19,23)(H2,18,20,22,24). The first-order valence-corrected chi connectivity index (χ1v) is 8.60. The molecule has 0 saturated carbocycles. The van der Waals surface area contributed by atoms with Gasteiger partial charge in [-0.15, -0.1) is 0 Å². The number of piperidine rings is 1. The fraction of sp³-hybridized carbons (Fsp3) is 0.588. The van der Waals surface area contributed by atoms with Crippen molar-refractivity contribution in [3.8, 4) is 0 Å². The zero-order valence-corrected chi connectivity index (χ0v) is 14.9. The van der Waals surface area contributed by atoms with Crippen LogP contribution in [0, 0.1) is 6.92 Å². The molecule has 8 heteroatoms. The number of hydrogen-bond donors (Lipinski definition) is 3. The summed E-state index contributed by atoms with van der Waals surface area (Å²) in [6.45, 7) is 7.17. The maximum Gasteiger partial charge on any atom is 0.321 e. The number of aryl methyl sites for hydroxylation is 1. The number of nitrogens with one attached hydrogen (secondary N) is 3. The molecule has 4 amide bonds. The van der Waals surface area contributed by atoms with Gasteiger partial charge in [-0.2, -0.15) is 0 Å². The molecule has 1 aromatic heterocycles. The van der Waals surface area contributed by atoms with Crippen LogP contribution in [-0.4, -0.2) is 54.5 Å². The quantitative estimate of drug-likeness (QED) is 0.735. The Kier molecular flexibility index (Phi) is 6.58. The molecular weight excluding hydrogens is 324 g/mol. The molecule has 1 unspecified atom stereocenters. The molecular formula is C17H26N4O4. The fourth-order valence-corrected chi connectivity index (χ4v) is 2.83. The normalized spacial score (nSPS) is 16.9. The highest BCUT2D eigenvalue weighted by Gasteiger charge is 2.28. The van der Waals surface area contributed by atoms with E-state index in [0.29, 0.717) is 31.2 Å². The van der Waals surface area contributed by atoms with Gasteiger partial charge in [-0.05, 0) is 45.7 Å². The van der Waals surface area contributed by atoms with Gasteiger partial charge in [0.2, 0.25) is 5.91 Å². The van der Waals surface area contributed by atoms with Crippen LogP contribution in [0.3, 0.4) is 0 Å². The number of imide groups is 1. The Labute approximate surface area is 147 Å². The minimum atomic E-state index is -0.477. The Hall–Kier alpha value is -2.35. The molecule has 0 bridgehead atoms. The van der Waals surface area contributed by atoms with Crippen LogP contribution >= 0.6 is 0 Å². The number of rotatable bonds is 5. The van der Waals surface area contributed by atoms with Crippen molar-refractivity contribution < 1.29 is 18.8 Å². The highest BCUT2D eigenvalue weighted by atomic mass is 16.3. The summed E-state index contributed by atoms with van der Waals surface area (Å²) in [5, 5.41) is 7.83. The molecule has 1 atom stereocenters. The summed E-state index contributed by atoms with van der Waals surface area (Å²) in [7, 11) is 0. The predicted molar refractivity (Wildman–Crippen MR) is 92.2 cm³/mol. The van der Waals surface area contributed by atoms with Crippen LogP contribution in [0.15, 0.2) is 16.5 Å². The second-order valence-corrected chi connectivity index (χ2v) is 6.22. The minimum Gasteiger partial charge on any atom is -0.456 e.